The van der Waals surface area contributed by atoms with Crippen LogP contribution in [-0.2, 0) is 0 Å². The number of hydrogen-bond donors (Lipinski definition) is 1. The number of aryl methyl sites for hydroxylation is 3. The molecule has 5 heteroatoms. The van der Waals surface area contributed by atoms with Crippen molar-refractivity contribution < 1.29 is 4.42 Å². The van der Waals surface area contributed by atoms with Gasteiger partial charge in [-0.25, -0.2) is 9.97 Å². The van der Waals surface area contributed by atoms with E-state index in [1.807, 2.05) is 13.0 Å². The highest BCUT2D eigenvalue weighted by Gasteiger charge is 2.16. The Balaban J connectivity index is 2.28. The van der Waals surface area contributed by atoms with Crippen molar-refractivity contribution >= 4 is 27.4 Å². The van der Waals surface area contributed by atoms with Gasteiger partial charge < -0.3 is 9.73 Å². The Kier molecular flexibility index (Phi) is 3.22. The normalized spacial score (nSPS) is 11.2. The molecule has 3 rings (SSSR count). The second-order valence-corrected chi connectivity index (χ2v) is 5.98. The number of anilines is 1. The van der Waals surface area contributed by atoms with E-state index in [0.29, 0.717) is 0 Å². The minimum Gasteiger partial charge on any atom is -0.469 e. The molecule has 0 spiro atoms. The second-order valence-electron chi connectivity index (χ2n) is 4.78. The van der Waals surface area contributed by atoms with E-state index >= 15 is 0 Å². The lowest BCUT2D eigenvalue weighted by Crippen LogP contribution is -2.02. The number of thiophene rings is 1. The van der Waals surface area contributed by atoms with Crippen LogP contribution in [0.2, 0.25) is 0 Å². The highest BCUT2D eigenvalue weighted by molar-refractivity contribution is 7.18. The predicted molar refractivity (Wildman–Crippen MR) is 83.5 cm³/mol. The lowest BCUT2D eigenvalue weighted by atomic mass is 10.2. The van der Waals surface area contributed by atoms with Crippen LogP contribution >= 0.6 is 11.3 Å². The molecule has 1 N–H and O–H groups in total. The Labute approximate surface area is 121 Å². The summed E-state index contributed by atoms with van der Waals surface area (Å²) in [5.41, 5.74) is 2.21. The largest absolute Gasteiger partial charge is 0.469 e. The number of rotatable bonds is 3. The number of fused-ring (bicyclic) bond motifs is 1. The molecule has 0 aliphatic rings. The summed E-state index contributed by atoms with van der Waals surface area (Å²) in [6.07, 6.45) is 1.68. The summed E-state index contributed by atoms with van der Waals surface area (Å²) in [6.45, 7) is 9.09. The number of furan rings is 1. The van der Waals surface area contributed by atoms with Gasteiger partial charge >= 0.3 is 0 Å². The van der Waals surface area contributed by atoms with Crippen LogP contribution in [0.15, 0.2) is 16.7 Å². The van der Waals surface area contributed by atoms with Crippen LogP contribution in [-0.4, -0.2) is 16.5 Å². The number of nitrogens with zero attached hydrogens (tertiary/aromatic N) is 2. The maximum absolute atomic E-state index is 5.36. The predicted octanol–water partition coefficient (Wildman–Crippen LogP) is 4.31. The maximum Gasteiger partial charge on any atom is 0.166 e. The van der Waals surface area contributed by atoms with Crippen molar-refractivity contribution in [1.82, 2.24) is 9.97 Å². The zero-order valence-corrected chi connectivity index (χ0v) is 12.9. The molecule has 3 heterocycles. The third kappa shape index (κ3) is 1.98. The Morgan fingerprint density at radius 2 is 2.05 bits per heavy atom. The van der Waals surface area contributed by atoms with Gasteiger partial charge in [-0.1, -0.05) is 0 Å². The molecule has 0 aromatic carbocycles. The first kappa shape index (κ1) is 13.1. The van der Waals surface area contributed by atoms with Gasteiger partial charge in [-0.2, -0.15) is 0 Å². The fourth-order valence-corrected chi connectivity index (χ4v) is 3.31. The quantitative estimate of drug-likeness (QED) is 0.780. The standard InChI is InChI=1S/C15H17N3OS/c1-5-16-14-12-8(2)10(4)20-15(12)18-13(17-14)11-6-7-19-9(11)3/h6-7H,5H2,1-4H3,(H,16,17,18). The first-order chi connectivity index (χ1) is 9.61. The molecule has 0 unspecified atom stereocenters. The van der Waals surface area contributed by atoms with Gasteiger partial charge in [0.1, 0.15) is 16.4 Å². The molecule has 0 bridgehead atoms. The molecule has 104 valence electrons. The van der Waals surface area contributed by atoms with E-state index in [9.17, 15) is 0 Å². The molecule has 0 amide bonds. The minimum atomic E-state index is 0.723. The topological polar surface area (TPSA) is 51.0 Å². The first-order valence-electron chi connectivity index (χ1n) is 6.68. The van der Waals surface area contributed by atoms with Gasteiger partial charge in [0.2, 0.25) is 0 Å². The van der Waals surface area contributed by atoms with E-state index in [1.54, 1.807) is 17.6 Å². The number of aromatic nitrogens is 2. The third-order valence-corrected chi connectivity index (χ3v) is 4.57. The summed E-state index contributed by atoms with van der Waals surface area (Å²) in [7, 11) is 0. The molecule has 4 nitrogen and oxygen atoms in total. The van der Waals surface area contributed by atoms with Crippen molar-refractivity contribution in [3.63, 3.8) is 0 Å². The van der Waals surface area contributed by atoms with Crippen LogP contribution in [0.5, 0.6) is 0 Å². The van der Waals surface area contributed by atoms with Crippen LogP contribution in [0.25, 0.3) is 21.6 Å². The number of nitrogens with one attached hydrogen (secondary N) is 1. The average molecular weight is 287 g/mol. The molecule has 0 saturated heterocycles. The van der Waals surface area contributed by atoms with Crippen LogP contribution < -0.4 is 5.32 Å². The monoisotopic (exact) mass is 287 g/mol. The van der Waals surface area contributed by atoms with Gasteiger partial charge in [-0.3, -0.25) is 0 Å². The van der Waals surface area contributed by atoms with Crippen molar-refractivity contribution in [2.75, 3.05) is 11.9 Å². The van der Waals surface area contributed by atoms with E-state index in [2.05, 4.69) is 26.1 Å². The average Bonchev–Trinajstić information content (AvgIpc) is 2.95. The first-order valence-corrected chi connectivity index (χ1v) is 7.49. The summed E-state index contributed by atoms with van der Waals surface area (Å²) < 4.78 is 5.36. The lowest BCUT2D eigenvalue weighted by molar-refractivity contribution is 0.535. The van der Waals surface area contributed by atoms with Crippen LogP contribution in [0.4, 0.5) is 5.82 Å². The van der Waals surface area contributed by atoms with E-state index in [0.717, 1.165) is 39.7 Å². The fraction of sp³-hybridized carbons (Fsp3) is 0.333. The third-order valence-electron chi connectivity index (χ3n) is 3.47. The maximum atomic E-state index is 5.36. The van der Waals surface area contributed by atoms with Crippen molar-refractivity contribution in [3.05, 3.63) is 28.5 Å². The molecular formula is C15H17N3OS. The zero-order valence-electron chi connectivity index (χ0n) is 12.1. The van der Waals surface area contributed by atoms with Crippen molar-refractivity contribution in [1.29, 1.82) is 0 Å². The fourth-order valence-electron chi connectivity index (χ4n) is 2.28. The van der Waals surface area contributed by atoms with Gasteiger partial charge in [-0.05, 0) is 39.3 Å². The van der Waals surface area contributed by atoms with Gasteiger partial charge in [0.15, 0.2) is 5.82 Å². The lowest BCUT2D eigenvalue weighted by Gasteiger charge is -2.07. The van der Waals surface area contributed by atoms with Gasteiger partial charge in [-0.15, -0.1) is 11.3 Å². The summed E-state index contributed by atoms with van der Waals surface area (Å²) in [4.78, 5) is 11.7. The minimum absolute atomic E-state index is 0.723. The Morgan fingerprint density at radius 1 is 1.25 bits per heavy atom. The molecule has 20 heavy (non-hydrogen) atoms. The van der Waals surface area contributed by atoms with E-state index in [-0.39, 0.29) is 0 Å². The van der Waals surface area contributed by atoms with Crippen LogP contribution in [0.3, 0.4) is 0 Å². The Hall–Kier alpha value is -1.88. The molecule has 0 radical (unpaired) electrons. The van der Waals surface area contributed by atoms with Gasteiger partial charge in [0.25, 0.3) is 0 Å². The Morgan fingerprint density at radius 3 is 2.70 bits per heavy atom. The molecule has 0 aliphatic carbocycles. The SMILES string of the molecule is CCNc1nc(-c2ccoc2C)nc2sc(C)c(C)c12. The van der Waals surface area contributed by atoms with Crippen LogP contribution in [0, 0.1) is 20.8 Å². The second kappa shape index (κ2) is 4.90. The summed E-state index contributed by atoms with van der Waals surface area (Å²) >= 11 is 1.71. The van der Waals surface area contributed by atoms with Crippen LogP contribution in [0.1, 0.15) is 23.1 Å². The van der Waals surface area contributed by atoms with Crippen molar-refractivity contribution in [2.24, 2.45) is 0 Å². The number of hydrogen-bond acceptors (Lipinski definition) is 5. The molecule has 0 aliphatic heterocycles. The molecular weight excluding hydrogens is 270 g/mol. The van der Waals surface area contributed by atoms with E-state index in [1.165, 1.54) is 10.4 Å². The molecule has 3 aromatic heterocycles. The van der Waals surface area contributed by atoms with Crippen molar-refractivity contribution in [2.45, 2.75) is 27.7 Å². The van der Waals surface area contributed by atoms with Gasteiger partial charge in [0, 0.05) is 11.4 Å². The zero-order chi connectivity index (χ0) is 14.3. The van der Waals surface area contributed by atoms with E-state index in [4.69, 9.17) is 14.4 Å². The summed E-state index contributed by atoms with van der Waals surface area (Å²) in [6, 6.07) is 1.92. The molecule has 3 aromatic rings. The molecule has 0 saturated carbocycles. The highest BCUT2D eigenvalue weighted by Crippen LogP contribution is 2.35. The van der Waals surface area contributed by atoms with Crippen molar-refractivity contribution in [3.8, 4) is 11.4 Å². The van der Waals surface area contributed by atoms with E-state index < -0.39 is 0 Å². The Bertz CT molecular complexity index is 773. The molecule has 0 atom stereocenters. The van der Waals surface area contributed by atoms with Gasteiger partial charge in [0.05, 0.1) is 17.2 Å². The smallest absolute Gasteiger partial charge is 0.166 e. The molecule has 0 fully saturated rings. The summed E-state index contributed by atoms with van der Waals surface area (Å²) in [5, 5.41) is 4.49. The highest BCUT2D eigenvalue weighted by atomic mass is 32.1. The summed E-state index contributed by atoms with van der Waals surface area (Å²) in [5.74, 6) is 2.48.